The number of aryl methyl sites for hydroxylation is 2. The number of nitrogens with zero attached hydrogens (tertiary/aromatic N) is 1. The molecule has 2 rings (SSSR count). The Morgan fingerprint density at radius 1 is 1.12 bits per heavy atom. The number of anilines is 1. The van der Waals surface area contributed by atoms with Crippen LogP contribution in [0.3, 0.4) is 0 Å². The van der Waals surface area contributed by atoms with E-state index in [1.54, 1.807) is 7.11 Å². The summed E-state index contributed by atoms with van der Waals surface area (Å²) in [6, 6.07) is 6.15. The zero-order valence-electron chi connectivity index (χ0n) is 10.1. The van der Waals surface area contributed by atoms with Crippen molar-refractivity contribution in [3.63, 3.8) is 0 Å². The number of benzene rings is 1. The number of nitrogens with one attached hydrogen (secondary N) is 1. The molecule has 0 unspecified atom stereocenters. The first kappa shape index (κ1) is 10.7. The first-order valence-electron chi connectivity index (χ1n) is 5.29. The predicted octanol–water partition coefficient (Wildman–Crippen LogP) is 2.90. The second-order valence-corrected chi connectivity index (χ2v) is 3.92. The summed E-state index contributed by atoms with van der Waals surface area (Å²) in [7, 11) is 3.57. The smallest absolute Gasteiger partial charge is 0.129 e. The second kappa shape index (κ2) is 4.00. The van der Waals surface area contributed by atoms with Crippen molar-refractivity contribution < 1.29 is 4.74 Å². The molecule has 16 heavy (non-hydrogen) atoms. The van der Waals surface area contributed by atoms with Crippen molar-refractivity contribution in [1.29, 1.82) is 0 Å². The van der Waals surface area contributed by atoms with Crippen LogP contribution in [0.2, 0.25) is 0 Å². The van der Waals surface area contributed by atoms with Crippen LogP contribution in [0.25, 0.3) is 10.9 Å². The molecule has 1 heterocycles. The number of fused-ring (bicyclic) bond motifs is 1. The lowest BCUT2D eigenvalue weighted by molar-refractivity contribution is 0.415. The van der Waals surface area contributed by atoms with Gasteiger partial charge < -0.3 is 10.1 Å². The number of aromatic nitrogens is 1. The van der Waals surface area contributed by atoms with Crippen LogP contribution in [-0.2, 0) is 0 Å². The Labute approximate surface area is 95.5 Å². The van der Waals surface area contributed by atoms with Gasteiger partial charge in [0.25, 0.3) is 0 Å². The number of ether oxygens (including phenoxy) is 1. The fraction of sp³-hybridized carbons (Fsp3) is 0.308. The predicted molar refractivity (Wildman–Crippen MR) is 67.3 cm³/mol. The van der Waals surface area contributed by atoms with Gasteiger partial charge in [0.05, 0.1) is 12.6 Å². The molecule has 0 bridgehead atoms. The molecule has 84 valence electrons. The third-order valence-electron chi connectivity index (χ3n) is 2.75. The Balaban J connectivity index is 2.75. The highest BCUT2D eigenvalue weighted by Crippen LogP contribution is 2.26. The second-order valence-electron chi connectivity index (χ2n) is 3.92. The van der Waals surface area contributed by atoms with Crippen LogP contribution in [0.4, 0.5) is 5.82 Å². The molecule has 1 N–H and O–H groups in total. The number of rotatable bonds is 2. The van der Waals surface area contributed by atoms with Gasteiger partial charge in [-0.25, -0.2) is 4.98 Å². The molecule has 0 fully saturated rings. The van der Waals surface area contributed by atoms with Gasteiger partial charge >= 0.3 is 0 Å². The van der Waals surface area contributed by atoms with E-state index in [0.717, 1.165) is 33.6 Å². The van der Waals surface area contributed by atoms with Crippen LogP contribution in [0.1, 0.15) is 11.1 Å². The Bertz CT molecular complexity index is 535. The maximum Gasteiger partial charge on any atom is 0.129 e. The van der Waals surface area contributed by atoms with E-state index in [1.165, 1.54) is 0 Å². The summed E-state index contributed by atoms with van der Waals surface area (Å²) in [5, 5.41) is 4.22. The van der Waals surface area contributed by atoms with Gasteiger partial charge in [-0.1, -0.05) is 0 Å². The molecule has 0 saturated heterocycles. The molecular weight excluding hydrogens is 200 g/mol. The highest BCUT2D eigenvalue weighted by atomic mass is 16.5. The molecule has 0 amide bonds. The van der Waals surface area contributed by atoms with Crippen LogP contribution in [-0.4, -0.2) is 19.1 Å². The van der Waals surface area contributed by atoms with Gasteiger partial charge in [0.2, 0.25) is 0 Å². The van der Waals surface area contributed by atoms with Crippen molar-refractivity contribution in [1.82, 2.24) is 4.98 Å². The summed E-state index contributed by atoms with van der Waals surface area (Å²) in [6.07, 6.45) is 0. The minimum absolute atomic E-state index is 0.878. The van der Waals surface area contributed by atoms with E-state index in [4.69, 9.17) is 4.74 Å². The van der Waals surface area contributed by atoms with Crippen LogP contribution in [0, 0.1) is 13.8 Å². The summed E-state index contributed by atoms with van der Waals surface area (Å²) in [5.41, 5.74) is 3.30. The van der Waals surface area contributed by atoms with Crippen molar-refractivity contribution in [2.24, 2.45) is 0 Å². The lowest BCUT2D eigenvalue weighted by Crippen LogP contribution is -1.97. The molecule has 1 aromatic heterocycles. The number of pyridine rings is 1. The van der Waals surface area contributed by atoms with E-state index >= 15 is 0 Å². The molecule has 0 radical (unpaired) electrons. The largest absolute Gasteiger partial charge is 0.497 e. The number of hydrogen-bond donors (Lipinski definition) is 1. The van der Waals surface area contributed by atoms with E-state index < -0.39 is 0 Å². The standard InChI is InChI=1S/C13H16N2O/c1-8-6-11(16-4)7-10-5-9(2)13(14-3)15-12(8)10/h5-7H,1-4H3,(H,14,15). The maximum absolute atomic E-state index is 5.26. The minimum Gasteiger partial charge on any atom is -0.497 e. The van der Waals surface area contributed by atoms with Crippen LogP contribution in [0.5, 0.6) is 5.75 Å². The molecule has 2 aromatic rings. The van der Waals surface area contributed by atoms with E-state index in [9.17, 15) is 0 Å². The summed E-state index contributed by atoms with van der Waals surface area (Å²) in [5.74, 6) is 1.81. The average Bonchev–Trinajstić information content (AvgIpc) is 2.28. The van der Waals surface area contributed by atoms with Crippen molar-refractivity contribution in [2.45, 2.75) is 13.8 Å². The zero-order chi connectivity index (χ0) is 11.7. The lowest BCUT2D eigenvalue weighted by atomic mass is 10.1. The van der Waals surface area contributed by atoms with Gasteiger partial charge in [-0.05, 0) is 43.2 Å². The highest BCUT2D eigenvalue weighted by Gasteiger charge is 2.06. The van der Waals surface area contributed by atoms with Crippen molar-refractivity contribution in [2.75, 3.05) is 19.5 Å². The topological polar surface area (TPSA) is 34.2 Å². The van der Waals surface area contributed by atoms with Gasteiger partial charge in [0.1, 0.15) is 11.6 Å². The molecule has 3 heteroatoms. The molecule has 0 aliphatic heterocycles. The van der Waals surface area contributed by atoms with E-state index in [1.807, 2.05) is 33.0 Å². The Kier molecular flexibility index (Phi) is 2.69. The highest BCUT2D eigenvalue weighted by molar-refractivity contribution is 5.85. The number of hydrogen-bond acceptors (Lipinski definition) is 3. The molecule has 0 atom stereocenters. The quantitative estimate of drug-likeness (QED) is 0.838. The molecule has 0 spiro atoms. The molecule has 1 aromatic carbocycles. The molecular formula is C13H16N2O. The summed E-state index contributed by atoms with van der Waals surface area (Å²) in [4.78, 5) is 4.60. The maximum atomic E-state index is 5.26. The molecule has 0 aliphatic carbocycles. The van der Waals surface area contributed by atoms with Gasteiger partial charge in [-0.15, -0.1) is 0 Å². The normalized spacial score (nSPS) is 10.5. The Morgan fingerprint density at radius 2 is 1.88 bits per heavy atom. The lowest BCUT2D eigenvalue weighted by Gasteiger charge is -2.10. The SMILES string of the molecule is CNc1nc2c(C)cc(OC)cc2cc1C. The van der Waals surface area contributed by atoms with Crippen LogP contribution < -0.4 is 10.1 Å². The summed E-state index contributed by atoms with van der Waals surface area (Å²) < 4.78 is 5.26. The fourth-order valence-corrected chi connectivity index (χ4v) is 1.91. The van der Waals surface area contributed by atoms with Gasteiger partial charge in [-0.2, -0.15) is 0 Å². The summed E-state index contributed by atoms with van der Waals surface area (Å²) >= 11 is 0. The van der Waals surface area contributed by atoms with Crippen molar-refractivity contribution in [3.05, 3.63) is 29.3 Å². The van der Waals surface area contributed by atoms with E-state index in [0.29, 0.717) is 0 Å². The van der Waals surface area contributed by atoms with Gasteiger partial charge in [0.15, 0.2) is 0 Å². The van der Waals surface area contributed by atoms with Gasteiger partial charge in [-0.3, -0.25) is 0 Å². The molecule has 0 aliphatic rings. The van der Waals surface area contributed by atoms with Crippen molar-refractivity contribution >= 4 is 16.7 Å². The Morgan fingerprint density at radius 3 is 2.50 bits per heavy atom. The van der Waals surface area contributed by atoms with E-state index in [-0.39, 0.29) is 0 Å². The minimum atomic E-state index is 0.878. The fourth-order valence-electron chi connectivity index (χ4n) is 1.91. The summed E-state index contributed by atoms with van der Waals surface area (Å²) in [6.45, 7) is 4.10. The monoisotopic (exact) mass is 216 g/mol. The Hall–Kier alpha value is -1.77. The van der Waals surface area contributed by atoms with E-state index in [2.05, 4.69) is 16.4 Å². The van der Waals surface area contributed by atoms with Crippen molar-refractivity contribution in [3.8, 4) is 5.75 Å². The zero-order valence-corrected chi connectivity index (χ0v) is 10.1. The average molecular weight is 216 g/mol. The molecule has 0 saturated carbocycles. The van der Waals surface area contributed by atoms with Gasteiger partial charge in [0, 0.05) is 12.4 Å². The first-order chi connectivity index (χ1) is 7.65. The van der Waals surface area contributed by atoms with Crippen LogP contribution in [0.15, 0.2) is 18.2 Å². The number of methoxy groups -OCH3 is 1. The third kappa shape index (κ3) is 1.69. The first-order valence-corrected chi connectivity index (χ1v) is 5.29. The molecule has 3 nitrogen and oxygen atoms in total. The van der Waals surface area contributed by atoms with Crippen LogP contribution >= 0.6 is 0 Å². The third-order valence-corrected chi connectivity index (χ3v) is 2.75.